The molecule has 3 aliphatic heterocycles. The van der Waals surface area contributed by atoms with Crippen molar-refractivity contribution in [1.29, 1.82) is 0 Å². The third kappa shape index (κ3) is 30.0. The van der Waals surface area contributed by atoms with Gasteiger partial charge in [0.1, 0.15) is 90.3 Å². The van der Waals surface area contributed by atoms with Gasteiger partial charge in [0.05, 0.1) is 38.3 Å². The first-order valence-electron chi connectivity index (χ1n) is 46.0. The first-order chi connectivity index (χ1) is 65.5. The molecule has 3 aromatic heterocycles. The Morgan fingerprint density at radius 3 is 1.66 bits per heavy atom. The van der Waals surface area contributed by atoms with E-state index >= 15 is 38.4 Å². The molecule has 9 rings (SSSR count). The maximum absolute atomic E-state index is 15.8. The molecule has 0 radical (unpaired) electrons. The number of unbranched alkanes of at least 4 members (excludes halogenated alkanes) is 3. The highest BCUT2D eigenvalue weighted by Gasteiger charge is 2.47. The largest absolute Gasteiger partial charge is 0.497 e. The van der Waals surface area contributed by atoms with E-state index in [1.165, 1.54) is 47.7 Å². The van der Waals surface area contributed by atoms with Gasteiger partial charge in [-0.25, -0.2) is 4.98 Å². The van der Waals surface area contributed by atoms with Gasteiger partial charge in [0.2, 0.25) is 94.5 Å². The number of rotatable bonds is 29. The predicted octanol–water partition coefficient (Wildman–Crippen LogP) is -1.99. The number of fused-ring (bicyclic) bond motifs is 4. The van der Waals surface area contributed by atoms with Crippen LogP contribution in [0.3, 0.4) is 0 Å². The van der Waals surface area contributed by atoms with Crippen molar-refractivity contribution in [1.82, 2.24) is 97.6 Å². The summed E-state index contributed by atoms with van der Waals surface area (Å²) in [5.41, 5.74) is 20.7. The lowest BCUT2D eigenvalue weighted by Gasteiger charge is -2.36. The SMILES string of the molecule is CCCC[C@H]1C(=O)N(C)[C@@H](CCCC)C(=O)N[C@@H](CCC(=O)O)C(=O)N[C@H](C(=O)NCC(N)=O)CSCC(=O)N[C@@H](Cc2ccc(OC)cc2)C(=O)N(C)[C@@H](C)C(=O)N[C@@H](CC(=O)O)C(=O)N2CCC[C@H]2C(=O)N[C@@H](Cc2cnc[nH]2)C(=O)N[C@@H](CCCCN)C(=O)N2C[C@H](O)C[C@H]2C(=O)N[C@@H](Cc2c[nH]c3ccccc23)C(=O)N[C@@H](CCN)C(=O)N[C@@H](Cc2c[nH]c3ccccc23)C(=O)N1C. The van der Waals surface area contributed by atoms with Crippen LogP contribution >= 0.6 is 11.8 Å². The molecular formula is C92H128N22O22S. The zero-order chi connectivity index (χ0) is 99.9. The Morgan fingerprint density at radius 2 is 1.07 bits per heavy atom. The summed E-state index contributed by atoms with van der Waals surface area (Å²) < 4.78 is 5.33. The number of amides is 16. The molecular weight excluding hydrogens is 1800 g/mol. The zero-order valence-electron chi connectivity index (χ0n) is 77.9. The molecule has 6 heterocycles. The number of nitrogens with two attached hydrogens (primary N) is 3. The molecule has 15 atom stereocenters. The van der Waals surface area contributed by atoms with Gasteiger partial charge in [-0.1, -0.05) is 88.1 Å². The van der Waals surface area contributed by atoms with E-state index in [0.717, 1.165) is 36.3 Å². The number of hydrogen-bond acceptors (Lipinski definition) is 24. The van der Waals surface area contributed by atoms with Gasteiger partial charge in [-0.15, -0.1) is 11.8 Å². The van der Waals surface area contributed by atoms with Crippen molar-refractivity contribution in [3.05, 3.63) is 120 Å². The van der Waals surface area contributed by atoms with E-state index in [1.807, 2.05) is 6.92 Å². The van der Waals surface area contributed by atoms with Crippen molar-refractivity contribution in [2.45, 2.75) is 240 Å². The van der Waals surface area contributed by atoms with Crippen LogP contribution < -0.4 is 75.1 Å². The number of nitrogens with zero attached hydrogens (tertiary/aromatic N) is 6. The molecule has 3 aliphatic rings. The Morgan fingerprint density at radius 1 is 0.526 bits per heavy atom. The highest BCUT2D eigenvalue weighted by atomic mass is 32.2. The number of aliphatic hydroxyl groups excluding tert-OH is 1. The van der Waals surface area contributed by atoms with E-state index in [1.54, 1.807) is 92.1 Å². The number of carboxylic acids is 2. The summed E-state index contributed by atoms with van der Waals surface area (Å²) in [5, 5.41) is 59.5. The summed E-state index contributed by atoms with van der Waals surface area (Å²) >= 11 is 0.721. The smallest absolute Gasteiger partial charge is 0.305 e. The number of aromatic amines is 3. The van der Waals surface area contributed by atoms with E-state index in [-0.39, 0.29) is 96.7 Å². The van der Waals surface area contributed by atoms with E-state index in [0.29, 0.717) is 75.6 Å². The third-order valence-corrected chi connectivity index (χ3v) is 25.7. The van der Waals surface area contributed by atoms with Gasteiger partial charge in [-0.2, -0.15) is 0 Å². The molecule has 3 aromatic carbocycles. The molecule has 137 heavy (non-hydrogen) atoms. The van der Waals surface area contributed by atoms with E-state index in [9.17, 15) is 63.3 Å². The number of likely N-dealkylation sites (N-methyl/N-ethyl adjacent to an activating group) is 3. The summed E-state index contributed by atoms with van der Waals surface area (Å²) in [6.45, 7) is 3.38. The number of primary amides is 1. The number of ether oxygens (including phenoxy) is 1. The molecule has 0 aliphatic carbocycles. The second-order valence-corrected chi connectivity index (χ2v) is 35.6. The first kappa shape index (κ1) is 107. The van der Waals surface area contributed by atoms with Crippen molar-refractivity contribution in [2.24, 2.45) is 17.2 Å². The minimum Gasteiger partial charge on any atom is -0.497 e. The maximum Gasteiger partial charge on any atom is 0.305 e. The Bertz CT molecular complexity index is 5250. The lowest BCUT2D eigenvalue weighted by Crippen LogP contribution is -2.61. The Hall–Kier alpha value is -13.6. The Labute approximate surface area is 795 Å². The van der Waals surface area contributed by atoms with Gasteiger partial charge in [0.25, 0.3) is 0 Å². The van der Waals surface area contributed by atoms with Crippen molar-refractivity contribution < 1.29 is 106 Å². The van der Waals surface area contributed by atoms with Gasteiger partial charge in [0, 0.05) is 125 Å². The fraction of sp³-hybridized carbons (Fsp3) is 0.533. The van der Waals surface area contributed by atoms with E-state index < -0.39 is 247 Å². The highest BCUT2D eigenvalue weighted by Crippen LogP contribution is 2.28. The average Bonchev–Trinajstić information content (AvgIpc) is 1.71. The second kappa shape index (κ2) is 51.9. The maximum atomic E-state index is 15.8. The summed E-state index contributed by atoms with van der Waals surface area (Å²) in [4.78, 5) is 282. The molecule has 0 saturated carbocycles. The third-order valence-electron chi connectivity index (χ3n) is 24.7. The molecule has 22 N–H and O–H groups in total. The van der Waals surface area contributed by atoms with Crippen LogP contribution in [0.4, 0.5) is 0 Å². The van der Waals surface area contributed by atoms with Crippen molar-refractivity contribution in [3.8, 4) is 5.75 Å². The number of carboxylic acid groups (broad SMARTS) is 2. The normalized spacial score (nSPS) is 24.5. The molecule has 16 amide bonds. The monoisotopic (exact) mass is 1920 g/mol. The number of imidazole rings is 1. The number of hydrogen-bond donors (Lipinski definition) is 19. The highest BCUT2D eigenvalue weighted by molar-refractivity contribution is 8.00. The molecule has 44 nitrogen and oxygen atoms in total. The van der Waals surface area contributed by atoms with Gasteiger partial charge in [0.15, 0.2) is 0 Å². The minimum atomic E-state index is -1.91. The van der Waals surface area contributed by atoms with Crippen LogP contribution in [0, 0.1) is 0 Å². The van der Waals surface area contributed by atoms with Crippen LogP contribution in [-0.4, -0.2) is 329 Å². The number of thioether (sulfide) groups is 1. The van der Waals surface area contributed by atoms with Crippen LogP contribution in [0.5, 0.6) is 5.75 Å². The van der Waals surface area contributed by atoms with Gasteiger partial charge >= 0.3 is 11.9 Å². The van der Waals surface area contributed by atoms with Gasteiger partial charge in [-0.3, -0.25) is 86.3 Å². The van der Waals surface area contributed by atoms with E-state index in [2.05, 4.69) is 73.1 Å². The fourth-order valence-electron chi connectivity index (χ4n) is 16.9. The van der Waals surface area contributed by atoms with Crippen LogP contribution in [0.25, 0.3) is 21.8 Å². The van der Waals surface area contributed by atoms with Crippen LogP contribution in [0.1, 0.15) is 146 Å². The number of nitrogens with one attached hydrogen (secondary N) is 13. The number of carbonyl (C=O) groups is 18. The summed E-state index contributed by atoms with van der Waals surface area (Å²) in [6.07, 6.45) is 2.31. The second-order valence-electron chi connectivity index (χ2n) is 34.6. The number of aliphatic hydroxyl groups is 1. The number of aromatic nitrogens is 4. The number of carbonyl (C=O) groups excluding carboxylic acids is 16. The van der Waals surface area contributed by atoms with Crippen LogP contribution in [0.15, 0.2) is 97.7 Å². The molecule has 0 unspecified atom stereocenters. The number of methoxy groups -OCH3 is 1. The molecule has 0 bridgehead atoms. The van der Waals surface area contributed by atoms with Gasteiger partial charge in [-0.05, 0) is 119 Å². The summed E-state index contributed by atoms with van der Waals surface area (Å²) in [5.74, 6) is -19.0. The minimum absolute atomic E-state index is 0.0233. The number of H-pyrrole nitrogens is 3. The molecule has 0 spiro atoms. The first-order valence-corrected chi connectivity index (χ1v) is 47.1. The Balaban J connectivity index is 1.11. The number of benzene rings is 3. The van der Waals surface area contributed by atoms with Crippen molar-refractivity contribution in [3.63, 3.8) is 0 Å². The van der Waals surface area contributed by atoms with Crippen LogP contribution in [0.2, 0.25) is 0 Å². The molecule has 3 fully saturated rings. The number of para-hydroxylation sites is 2. The number of aliphatic carboxylic acids is 2. The van der Waals surface area contributed by atoms with Crippen molar-refractivity contribution >= 4 is 140 Å². The standard InChI is InChI=1S/C92H128N22O22S/c1-8-10-24-71-85(128)103-62(31-32-77(118)119)81(124)109-70(80(123)99-46-75(95)116)48-137-49-76(117)101-67(37-52-27-29-57(136-7)30-28-52)88(131)110(4)51(3)79(122)107-69(42-78(120)121)91(134)113-36-18-26-72(113)86(129)106-66(40-55-45-96-50-100-55)84(127)104-64(23-16-17-34-93)90(133)114-47-56(115)41-74(114)87(130)105-65(38-53-43-97-60-21-14-12-19-58(53)60)83(126)102-63(33-35-94)82(125)108-68(39-54-44-98-61-22-15-13-20-59(54)61)89(132)112(6)73(25-11-9-2)92(135)111(71)5/h12-15,19-22,27-30,43-45,50-51,56,62-74,97-98,115H,8-11,16-18,23-26,31-42,46-49,93-94H2,1-7H3,(H2,95,116)(H,96,100)(H,99,123)(H,101,117)(H,102,126)(H,103,128)(H,104,127)(H,105,130)(H,106,129)(H,107,122)(H,108,125)(H,109,124)(H,118,119)(H,120,121)/t51-,56+,62-,63-,64-,65-,66-,67-,68-,69-,70-,71-,72-,73-,74-/m0/s1. The fourth-order valence-corrected chi connectivity index (χ4v) is 17.8. The van der Waals surface area contributed by atoms with Crippen LogP contribution in [-0.2, 0) is 112 Å². The zero-order valence-corrected chi connectivity index (χ0v) is 78.7. The van der Waals surface area contributed by atoms with E-state index in [4.69, 9.17) is 21.9 Å². The quantitative estimate of drug-likeness (QED) is 0.0226. The van der Waals surface area contributed by atoms with Crippen molar-refractivity contribution in [2.75, 3.05) is 72.5 Å². The average molecular weight is 1930 g/mol. The lowest BCUT2D eigenvalue weighted by molar-refractivity contribution is -0.149. The lowest BCUT2D eigenvalue weighted by atomic mass is 9.99. The molecule has 45 heteroatoms. The predicted molar refractivity (Wildman–Crippen MR) is 501 cm³/mol. The van der Waals surface area contributed by atoms with Gasteiger partial charge < -0.3 is 130 Å². The molecule has 3 saturated heterocycles. The molecule has 744 valence electrons. The summed E-state index contributed by atoms with van der Waals surface area (Å²) in [6, 6.07) is -1.68. The Kier molecular flexibility index (Phi) is 40.6. The summed E-state index contributed by atoms with van der Waals surface area (Å²) in [7, 11) is 5.27. The molecule has 6 aromatic rings. The topological polar surface area (TPSA) is 652 Å².